The second-order valence-electron chi connectivity index (χ2n) is 5.45. The quantitative estimate of drug-likeness (QED) is 0.828. The molecule has 0 saturated carbocycles. The molecule has 0 aliphatic carbocycles. The minimum Gasteiger partial charge on any atom is -0.469 e. The fourth-order valence-corrected chi connectivity index (χ4v) is 2.51. The van der Waals surface area contributed by atoms with Gasteiger partial charge in [-0.3, -0.25) is 4.79 Å². The average molecular weight is 315 g/mol. The lowest BCUT2D eigenvalue weighted by Gasteiger charge is -2.26. The number of pyridine rings is 1. The SMILES string of the molecule is O=C(c1ccc(NCCCc2ccco2)nc1)N1CCOCC1. The first kappa shape index (κ1) is 15.6. The molecule has 0 aromatic carbocycles. The third-order valence-corrected chi connectivity index (χ3v) is 3.79. The summed E-state index contributed by atoms with van der Waals surface area (Å²) in [5.41, 5.74) is 0.619. The molecule has 23 heavy (non-hydrogen) atoms. The highest BCUT2D eigenvalue weighted by molar-refractivity contribution is 5.94. The Labute approximate surface area is 135 Å². The molecular formula is C17H21N3O3. The van der Waals surface area contributed by atoms with Gasteiger partial charge in [-0.2, -0.15) is 0 Å². The van der Waals surface area contributed by atoms with Crippen molar-refractivity contribution >= 4 is 11.7 Å². The van der Waals surface area contributed by atoms with Gasteiger partial charge in [-0.1, -0.05) is 0 Å². The number of morpholine rings is 1. The number of hydrogen-bond donors (Lipinski definition) is 1. The minimum absolute atomic E-state index is 0.0187. The molecule has 3 heterocycles. The monoisotopic (exact) mass is 315 g/mol. The van der Waals surface area contributed by atoms with Crippen LogP contribution in [0.4, 0.5) is 5.82 Å². The first-order valence-corrected chi connectivity index (χ1v) is 7.92. The van der Waals surface area contributed by atoms with Gasteiger partial charge < -0.3 is 19.4 Å². The molecule has 1 fully saturated rings. The van der Waals surface area contributed by atoms with Crippen LogP contribution in [0.3, 0.4) is 0 Å². The van der Waals surface area contributed by atoms with E-state index in [1.54, 1.807) is 17.4 Å². The van der Waals surface area contributed by atoms with E-state index in [2.05, 4.69) is 10.3 Å². The van der Waals surface area contributed by atoms with Crippen molar-refractivity contribution < 1.29 is 13.9 Å². The summed E-state index contributed by atoms with van der Waals surface area (Å²) in [5, 5.41) is 3.26. The summed E-state index contributed by atoms with van der Waals surface area (Å²) in [6, 6.07) is 7.54. The van der Waals surface area contributed by atoms with Gasteiger partial charge in [0, 0.05) is 32.3 Å². The molecule has 1 N–H and O–H groups in total. The van der Waals surface area contributed by atoms with E-state index in [0.29, 0.717) is 31.9 Å². The highest BCUT2D eigenvalue weighted by Gasteiger charge is 2.18. The van der Waals surface area contributed by atoms with Gasteiger partial charge in [-0.05, 0) is 30.7 Å². The van der Waals surface area contributed by atoms with Crippen molar-refractivity contribution in [1.29, 1.82) is 0 Å². The number of ether oxygens (including phenoxy) is 1. The van der Waals surface area contributed by atoms with E-state index >= 15 is 0 Å². The van der Waals surface area contributed by atoms with Gasteiger partial charge in [0.15, 0.2) is 0 Å². The zero-order chi connectivity index (χ0) is 15.9. The Morgan fingerprint density at radius 2 is 2.13 bits per heavy atom. The van der Waals surface area contributed by atoms with Crippen LogP contribution in [0.5, 0.6) is 0 Å². The molecule has 2 aromatic rings. The predicted molar refractivity (Wildman–Crippen MR) is 86.5 cm³/mol. The van der Waals surface area contributed by atoms with Crippen molar-refractivity contribution in [3.8, 4) is 0 Å². The largest absolute Gasteiger partial charge is 0.469 e. The number of anilines is 1. The van der Waals surface area contributed by atoms with Crippen LogP contribution >= 0.6 is 0 Å². The molecule has 1 aliphatic rings. The Bertz CT molecular complexity index is 605. The molecule has 3 rings (SSSR count). The number of nitrogens with one attached hydrogen (secondary N) is 1. The molecule has 2 aromatic heterocycles. The van der Waals surface area contributed by atoms with Gasteiger partial charge in [-0.15, -0.1) is 0 Å². The number of carbonyl (C=O) groups is 1. The maximum Gasteiger partial charge on any atom is 0.255 e. The predicted octanol–water partition coefficient (Wildman–Crippen LogP) is 2.19. The zero-order valence-corrected chi connectivity index (χ0v) is 13.0. The number of aryl methyl sites for hydroxylation is 1. The van der Waals surface area contributed by atoms with E-state index in [-0.39, 0.29) is 5.91 Å². The normalized spacial score (nSPS) is 14.7. The molecule has 1 amide bonds. The summed E-state index contributed by atoms with van der Waals surface area (Å²) in [4.78, 5) is 18.4. The number of carbonyl (C=O) groups excluding carboxylic acids is 1. The maximum absolute atomic E-state index is 12.3. The van der Waals surface area contributed by atoms with E-state index in [1.165, 1.54) is 0 Å². The Morgan fingerprint density at radius 3 is 2.83 bits per heavy atom. The summed E-state index contributed by atoms with van der Waals surface area (Å²) >= 11 is 0. The van der Waals surface area contributed by atoms with E-state index in [9.17, 15) is 4.79 Å². The smallest absolute Gasteiger partial charge is 0.255 e. The summed E-state index contributed by atoms with van der Waals surface area (Å²) in [6.45, 7) is 3.31. The van der Waals surface area contributed by atoms with E-state index in [1.807, 2.05) is 24.3 Å². The van der Waals surface area contributed by atoms with Crippen molar-refractivity contribution in [2.45, 2.75) is 12.8 Å². The molecule has 1 aliphatic heterocycles. The van der Waals surface area contributed by atoms with E-state index < -0.39 is 0 Å². The van der Waals surface area contributed by atoms with Crippen molar-refractivity contribution in [2.75, 3.05) is 38.2 Å². The second kappa shape index (κ2) is 7.78. The van der Waals surface area contributed by atoms with Crippen LogP contribution in [0.2, 0.25) is 0 Å². The number of nitrogens with zero attached hydrogens (tertiary/aromatic N) is 2. The van der Waals surface area contributed by atoms with Crippen molar-refractivity contribution in [1.82, 2.24) is 9.88 Å². The summed E-state index contributed by atoms with van der Waals surface area (Å²) in [6.07, 6.45) is 5.18. The molecule has 0 spiro atoms. The molecule has 1 saturated heterocycles. The van der Waals surface area contributed by atoms with Gasteiger partial charge in [-0.25, -0.2) is 4.98 Å². The first-order valence-electron chi connectivity index (χ1n) is 7.92. The molecule has 0 unspecified atom stereocenters. The van der Waals surface area contributed by atoms with Crippen LogP contribution in [0, 0.1) is 0 Å². The fraction of sp³-hybridized carbons (Fsp3) is 0.412. The lowest BCUT2D eigenvalue weighted by atomic mass is 10.2. The van der Waals surface area contributed by atoms with Gasteiger partial charge in [0.1, 0.15) is 11.6 Å². The minimum atomic E-state index is 0.0187. The lowest BCUT2D eigenvalue weighted by Crippen LogP contribution is -2.40. The standard InChI is InChI=1S/C17H21N3O3/c21-17(20-8-11-22-12-9-20)14-5-6-16(19-13-14)18-7-1-3-15-4-2-10-23-15/h2,4-6,10,13H,1,3,7-9,11-12H2,(H,18,19). The number of rotatable bonds is 6. The van der Waals surface area contributed by atoms with Gasteiger partial charge in [0.05, 0.1) is 25.0 Å². The molecule has 122 valence electrons. The first-order chi connectivity index (χ1) is 11.3. The van der Waals surface area contributed by atoms with Crippen molar-refractivity contribution in [3.05, 3.63) is 48.0 Å². The number of hydrogen-bond acceptors (Lipinski definition) is 5. The summed E-state index contributed by atoms with van der Waals surface area (Å²) in [5.74, 6) is 1.79. The van der Waals surface area contributed by atoms with Crippen LogP contribution in [-0.4, -0.2) is 48.6 Å². The lowest BCUT2D eigenvalue weighted by molar-refractivity contribution is 0.0302. The molecule has 0 bridgehead atoms. The van der Waals surface area contributed by atoms with Crippen LogP contribution in [0.15, 0.2) is 41.1 Å². The molecule has 0 radical (unpaired) electrons. The molecule has 6 nitrogen and oxygen atoms in total. The third kappa shape index (κ3) is 4.32. The topological polar surface area (TPSA) is 67.6 Å². The molecule has 0 atom stereocenters. The van der Waals surface area contributed by atoms with E-state index in [0.717, 1.165) is 31.0 Å². The average Bonchev–Trinajstić information content (AvgIpc) is 3.13. The van der Waals surface area contributed by atoms with E-state index in [4.69, 9.17) is 9.15 Å². The van der Waals surface area contributed by atoms with Crippen LogP contribution in [0.1, 0.15) is 22.5 Å². The molecule has 6 heteroatoms. The Balaban J connectivity index is 1.45. The van der Waals surface area contributed by atoms with Gasteiger partial charge >= 0.3 is 0 Å². The van der Waals surface area contributed by atoms with Crippen LogP contribution < -0.4 is 5.32 Å². The van der Waals surface area contributed by atoms with Gasteiger partial charge in [0.25, 0.3) is 5.91 Å². The van der Waals surface area contributed by atoms with Gasteiger partial charge in [0.2, 0.25) is 0 Å². The van der Waals surface area contributed by atoms with Crippen LogP contribution in [-0.2, 0) is 11.2 Å². The fourth-order valence-electron chi connectivity index (χ4n) is 2.51. The second-order valence-corrected chi connectivity index (χ2v) is 5.45. The van der Waals surface area contributed by atoms with Crippen molar-refractivity contribution in [3.63, 3.8) is 0 Å². The zero-order valence-electron chi connectivity index (χ0n) is 13.0. The summed E-state index contributed by atoms with van der Waals surface area (Å²) in [7, 11) is 0. The molecular weight excluding hydrogens is 294 g/mol. The highest BCUT2D eigenvalue weighted by atomic mass is 16.5. The Hall–Kier alpha value is -2.34. The highest BCUT2D eigenvalue weighted by Crippen LogP contribution is 2.10. The Morgan fingerprint density at radius 1 is 1.26 bits per heavy atom. The van der Waals surface area contributed by atoms with Crippen molar-refractivity contribution in [2.24, 2.45) is 0 Å². The number of amides is 1. The van der Waals surface area contributed by atoms with Crippen LogP contribution in [0.25, 0.3) is 0 Å². The third-order valence-electron chi connectivity index (χ3n) is 3.79. The number of furan rings is 1. The number of aromatic nitrogens is 1. The summed E-state index contributed by atoms with van der Waals surface area (Å²) < 4.78 is 10.6. The Kier molecular flexibility index (Phi) is 5.26. The maximum atomic E-state index is 12.3.